The topological polar surface area (TPSA) is 61.4 Å². The lowest BCUT2D eigenvalue weighted by atomic mass is 10.1. The first-order valence-corrected chi connectivity index (χ1v) is 13.5. The highest BCUT2D eigenvalue weighted by Crippen LogP contribution is 2.26. The number of halogens is 1. The van der Waals surface area contributed by atoms with E-state index in [1.165, 1.54) is 17.3 Å². The van der Waals surface area contributed by atoms with Crippen LogP contribution in [0.4, 0.5) is 5.82 Å². The van der Waals surface area contributed by atoms with Gasteiger partial charge in [0.2, 0.25) is 0 Å². The van der Waals surface area contributed by atoms with Crippen LogP contribution in [0.2, 0.25) is 5.15 Å². The van der Waals surface area contributed by atoms with Crippen LogP contribution in [0.15, 0.2) is 65.8 Å². The number of piperazine rings is 1. The van der Waals surface area contributed by atoms with Gasteiger partial charge >= 0.3 is 0 Å². The summed E-state index contributed by atoms with van der Waals surface area (Å²) in [7, 11) is 0. The zero-order chi connectivity index (χ0) is 24.5. The van der Waals surface area contributed by atoms with E-state index in [0.29, 0.717) is 28.2 Å². The van der Waals surface area contributed by atoms with Crippen molar-refractivity contribution in [3.63, 3.8) is 0 Å². The minimum absolute atomic E-state index is 0.0296. The summed E-state index contributed by atoms with van der Waals surface area (Å²) in [6.45, 7) is 7.54. The molecule has 0 bridgehead atoms. The maximum Gasteiger partial charge on any atom is 0.251 e. The van der Waals surface area contributed by atoms with Gasteiger partial charge in [-0.3, -0.25) is 9.69 Å². The van der Waals surface area contributed by atoms with Crippen LogP contribution in [-0.4, -0.2) is 53.5 Å². The SMILES string of the molecule is CCCCNC(=O)c1cccc(CSc2nc(Cl)cc(N3CCN(Cc4ccccc4)CC3)n2)c1. The number of carbonyl (C=O) groups is 1. The average molecular weight is 510 g/mol. The van der Waals surface area contributed by atoms with Crippen LogP contribution in [0, 0.1) is 0 Å². The van der Waals surface area contributed by atoms with Crippen molar-refractivity contribution in [3.8, 4) is 0 Å². The number of amides is 1. The molecule has 0 aliphatic carbocycles. The minimum Gasteiger partial charge on any atom is -0.354 e. The zero-order valence-electron chi connectivity index (χ0n) is 20.1. The highest BCUT2D eigenvalue weighted by atomic mass is 35.5. The molecule has 1 amide bonds. The van der Waals surface area contributed by atoms with E-state index < -0.39 is 0 Å². The van der Waals surface area contributed by atoms with Crippen molar-refractivity contribution in [1.82, 2.24) is 20.2 Å². The summed E-state index contributed by atoms with van der Waals surface area (Å²) in [6.07, 6.45) is 2.04. The van der Waals surface area contributed by atoms with Gasteiger partial charge in [0, 0.05) is 56.7 Å². The Morgan fingerprint density at radius 1 is 1.00 bits per heavy atom. The van der Waals surface area contributed by atoms with Gasteiger partial charge in [-0.1, -0.05) is 79.2 Å². The van der Waals surface area contributed by atoms with E-state index in [4.69, 9.17) is 16.6 Å². The molecule has 0 spiro atoms. The van der Waals surface area contributed by atoms with Crippen molar-refractivity contribution in [2.45, 2.75) is 37.2 Å². The number of hydrogen-bond donors (Lipinski definition) is 1. The fourth-order valence-corrected chi connectivity index (χ4v) is 5.04. The number of nitrogens with one attached hydrogen (secondary N) is 1. The maximum atomic E-state index is 12.4. The highest BCUT2D eigenvalue weighted by molar-refractivity contribution is 7.98. The normalized spacial score (nSPS) is 14.2. The summed E-state index contributed by atoms with van der Waals surface area (Å²) in [4.78, 5) is 26.3. The third-order valence-corrected chi connectivity index (χ3v) is 7.09. The van der Waals surface area contributed by atoms with Gasteiger partial charge in [-0.25, -0.2) is 9.97 Å². The summed E-state index contributed by atoms with van der Waals surface area (Å²) in [6, 6.07) is 20.2. The molecule has 184 valence electrons. The fraction of sp³-hybridized carbons (Fsp3) is 0.370. The number of nitrogens with zero attached hydrogens (tertiary/aromatic N) is 4. The lowest BCUT2D eigenvalue weighted by Crippen LogP contribution is -2.46. The van der Waals surface area contributed by atoms with E-state index in [9.17, 15) is 4.79 Å². The third-order valence-electron chi connectivity index (χ3n) is 5.98. The molecule has 0 atom stereocenters. The summed E-state index contributed by atoms with van der Waals surface area (Å²) >= 11 is 7.89. The van der Waals surface area contributed by atoms with Gasteiger partial charge in [-0.2, -0.15) is 0 Å². The molecule has 8 heteroatoms. The lowest BCUT2D eigenvalue weighted by molar-refractivity contribution is 0.0953. The largest absolute Gasteiger partial charge is 0.354 e. The van der Waals surface area contributed by atoms with Gasteiger partial charge in [-0.15, -0.1) is 0 Å². The minimum atomic E-state index is -0.0296. The van der Waals surface area contributed by atoms with Crippen molar-refractivity contribution >= 4 is 35.1 Å². The molecule has 4 rings (SSSR count). The van der Waals surface area contributed by atoms with Crippen LogP contribution in [0.1, 0.15) is 41.3 Å². The molecule has 1 fully saturated rings. The van der Waals surface area contributed by atoms with Crippen LogP contribution in [-0.2, 0) is 12.3 Å². The van der Waals surface area contributed by atoms with Crippen LogP contribution >= 0.6 is 23.4 Å². The predicted octanol–water partition coefficient (Wildman–Crippen LogP) is 5.27. The van der Waals surface area contributed by atoms with E-state index in [2.05, 4.69) is 57.4 Å². The number of anilines is 1. The second kappa shape index (κ2) is 12.9. The number of rotatable bonds is 10. The standard InChI is InChI=1S/C27H32ClN5OS/c1-2-3-12-29-26(34)23-11-7-10-22(17-23)20-35-27-30-24(28)18-25(31-27)33-15-13-32(14-16-33)19-21-8-5-4-6-9-21/h4-11,17-18H,2-3,12-16,19-20H2,1H3,(H,29,34). The van der Waals surface area contributed by atoms with E-state index in [1.54, 1.807) is 0 Å². The molecule has 2 aromatic carbocycles. The molecule has 1 aromatic heterocycles. The third kappa shape index (κ3) is 7.69. The molecule has 35 heavy (non-hydrogen) atoms. The molecule has 3 aromatic rings. The summed E-state index contributed by atoms with van der Waals surface area (Å²) < 4.78 is 0. The first kappa shape index (κ1) is 25.5. The molecular weight excluding hydrogens is 478 g/mol. The Bertz CT molecular complexity index is 1110. The Balaban J connectivity index is 1.33. The first-order valence-electron chi connectivity index (χ1n) is 12.2. The van der Waals surface area contributed by atoms with Crippen molar-refractivity contribution in [2.24, 2.45) is 0 Å². The number of thioether (sulfide) groups is 1. The maximum absolute atomic E-state index is 12.4. The number of hydrogen-bond acceptors (Lipinski definition) is 6. The molecular formula is C27H32ClN5OS. The van der Waals surface area contributed by atoms with E-state index in [-0.39, 0.29) is 5.91 Å². The van der Waals surface area contributed by atoms with Gasteiger partial charge in [0.25, 0.3) is 5.91 Å². The Labute approximate surface area is 217 Å². The molecule has 1 N–H and O–H groups in total. The monoisotopic (exact) mass is 509 g/mol. The fourth-order valence-electron chi connectivity index (χ4n) is 4.02. The molecule has 2 heterocycles. The zero-order valence-corrected chi connectivity index (χ0v) is 21.7. The van der Waals surface area contributed by atoms with Crippen LogP contribution in [0.3, 0.4) is 0 Å². The molecule has 6 nitrogen and oxygen atoms in total. The van der Waals surface area contributed by atoms with Gasteiger partial charge in [0.05, 0.1) is 0 Å². The number of unbranched alkanes of at least 4 members (excludes halogenated alkanes) is 1. The molecule has 1 aliphatic heterocycles. The second-order valence-corrected chi connectivity index (χ2v) is 10.0. The van der Waals surface area contributed by atoms with Crippen LogP contribution < -0.4 is 10.2 Å². The summed E-state index contributed by atoms with van der Waals surface area (Å²) in [5, 5.41) is 4.07. The van der Waals surface area contributed by atoms with Crippen molar-refractivity contribution in [2.75, 3.05) is 37.6 Å². The lowest BCUT2D eigenvalue weighted by Gasteiger charge is -2.35. The van der Waals surface area contributed by atoms with E-state index >= 15 is 0 Å². The predicted molar refractivity (Wildman–Crippen MR) is 144 cm³/mol. The Morgan fingerprint density at radius 2 is 1.77 bits per heavy atom. The highest BCUT2D eigenvalue weighted by Gasteiger charge is 2.19. The van der Waals surface area contributed by atoms with E-state index in [1.807, 2.05) is 30.3 Å². The molecule has 0 saturated carbocycles. The summed E-state index contributed by atoms with van der Waals surface area (Å²) in [5.74, 6) is 1.51. The van der Waals surface area contributed by atoms with Crippen molar-refractivity contribution in [3.05, 3.63) is 82.5 Å². The molecule has 0 radical (unpaired) electrons. The molecule has 1 aliphatic rings. The van der Waals surface area contributed by atoms with Gasteiger partial charge in [0.1, 0.15) is 11.0 Å². The smallest absolute Gasteiger partial charge is 0.251 e. The Hall–Kier alpha value is -2.61. The molecule has 0 unspecified atom stereocenters. The van der Waals surface area contributed by atoms with Crippen LogP contribution in [0.5, 0.6) is 0 Å². The average Bonchev–Trinajstić information content (AvgIpc) is 2.88. The Kier molecular flexibility index (Phi) is 9.40. The summed E-state index contributed by atoms with van der Waals surface area (Å²) in [5.41, 5.74) is 3.07. The van der Waals surface area contributed by atoms with Crippen molar-refractivity contribution in [1.29, 1.82) is 0 Å². The van der Waals surface area contributed by atoms with E-state index in [0.717, 1.165) is 56.9 Å². The quantitative estimate of drug-likeness (QED) is 0.174. The number of carbonyl (C=O) groups excluding carboxylic acids is 1. The van der Waals surface area contributed by atoms with Crippen LogP contribution in [0.25, 0.3) is 0 Å². The second-order valence-electron chi connectivity index (χ2n) is 8.68. The van der Waals surface area contributed by atoms with Gasteiger partial charge in [0.15, 0.2) is 5.16 Å². The first-order chi connectivity index (χ1) is 17.1. The number of benzene rings is 2. The molecule has 1 saturated heterocycles. The Morgan fingerprint density at radius 3 is 2.54 bits per heavy atom. The van der Waals surface area contributed by atoms with Gasteiger partial charge < -0.3 is 10.2 Å². The number of aromatic nitrogens is 2. The van der Waals surface area contributed by atoms with Gasteiger partial charge in [-0.05, 0) is 29.7 Å². The van der Waals surface area contributed by atoms with Crippen molar-refractivity contribution < 1.29 is 4.79 Å².